The van der Waals surface area contributed by atoms with Crippen LogP contribution in [-0.4, -0.2) is 77.8 Å². The number of carbonyl (C=O) groups is 1. The molecule has 1 saturated heterocycles. The summed E-state index contributed by atoms with van der Waals surface area (Å²) in [5.41, 5.74) is -1.82. The third kappa shape index (κ3) is 4.13. The minimum absolute atomic E-state index is 0.169. The van der Waals surface area contributed by atoms with E-state index in [1.165, 1.54) is 6.92 Å². The number of carbonyl (C=O) groups excluding carboxylic acids is 1. The zero-order valence-corrected chi connectivity index (χ0v) is 18.5. The first-order chi connectivity index (χ1) is 16.9. The molecular formula is C23H22O13. The lowest BCUT2D eigenvalue weighted by molar-refractivity contribution is -0.232. The molecule has 0 saturated carbocycles. The monoisotopic (exact) mass is 506 g/mol. The Hall–Kier alpha value is -4.04. The SMILES string of the molecule is Cc1cc(=O)c2c(O)c([C@@H]3O[C@H](CO)[C@@H](O)[C@H](O)[C@H]3OC(=O)c3cc(O)c(O)c(O)c3)c(O)cc2o1. The molecule has 0 unspecified atom stereocenters. The van der Waals surface area contributed by atoms with Gasteiger partial charge in [0.25, 0.3) is 0 Å². The fourth-order valence-corrected chi connectivity index (χ4v) is 4.07. The Kier molecular flexibility index (Phi) is 6.41. The molecule has 13 heteroatoms. The van der Waals surface area contributed by atoms with Crippen molar-refractivity contribution in [1.82, 2.24) is 0 Å². The number of phenols is 5. The van der Waals surface area contributed by atoms with Crippen LogP contribution in [0.1, 0.15) is 27.8 Å². The second-order valence-corrected chi connectivity index (χ2v) is 8.24. The Morgan fingerprint density at radius 3 is 2.19 bits per heavy atom. The van der Waals surface area contributed by atoms with E-state index in [4.69, 9.17) is 13.9 Å². The van der Waals surface area contributed by atoms with Gasteiger partial charge in [0.15, 0.2) is 28.8 Å². The van der Waals surface area contributed by atoms with Gasteiger partial charge in [0.2, 0.25) is 0 Å². The molecule has 1 fully saturated rings. The summed E-state index contributed by atoms with van der Waals surface area (Å²) in [4.78, 5) is 25.3. The second kappa shape index (κ2) is 9.20. The van der Waals surface area contributed by atoms with E-state index in [0.717, 1.165) is 24.3 Å². The smallest absolute Gasteiger partial charge is 0.338 e. The highest BCUT2D eigenvalue weighted by Gasteiger charge is 2.49. The average molecular weight is 506 g/mol. The lowest BCUT2D eigenvalue weighted by Crippen LogP contribution is -2.56. The van der Waals surface area contributed by atoms with Crippen LogP contribution in [0.15, 0.2) is 33.5 Å². The lowest BCUT2D eigenvalue weighted by atomic mass is 9.89. The number of phenolic OH excluding ortho intramolecular Hbond substituents is 5. The minimum atomic E-state index is -1.94. The molecule has 192 valence electrons. The summed E-state index contributed by atoms with van der Waals surface area (Å²) in [5, 5.41) is 80.7. The first-order valence-electron chi connectivity index (χ1n) is 10.5. The molecule has 0 amide bonds. The van der Waals surface area contributed by atoms with Gasteiger partial charge in [0.05, 0.1) is 17.7 Å². The van der Waals surface area contributed by atoms with Crippen LogP contribution in [0.3, 0.4) is 0 Å². The maximum Gasteiger partial charge on any atom is 0.338 e. The van der Waals surface area contributed by atoms with Crippen molar-refractivity contribution in [1.29, 1.82) is 0 Å². The molecular weight excluding hydrogens is 484 g/mol. The van der Waals surface area contributed by atoms with Gasteiger partial charge in [-0.05, 0) is 19.1 Å². The van der Waals surface area contributed by atoms with E-state index in [9.17, 15) is 50.4 Å². The van der Waals surface area contributed by atoms with E-state index >= 15 is 0 Å². The normalized spacial score (nSPS) is 24.1. The lowest BCUT2D eigenvalue weighted by Gasteiger charge is -2.42. The van der Waals surface area contributed by atoms with E-state index < -0.39 is 88.4 Å². The van der Waals surface area contributed by atoms with Gasteiger partial charge in [-0.3, -0.25) is 4.79 Å². The van der Waals surface area contributed by atoms with E-state index in [2.05, 4.69) is 0 Å². The summed E-state index contributed by atoms with van der Waals surface area (Å²) >= 11 is 0. The van der Waals surface area contributed by atoms with Gasteiger partial charge in [0, 0.05) is 12.1 Å². The predicted octanol–water partition coefficient (Wildman–Crippen LogP) is 0.00902. The zero-order valence-electron chi connectivity index (χ0n) is 18.5. The van der Waals surface area contributed by atoms with Gasteiger partial charge in [-0.25, -0.2) is 4.79 Å². The molecule has 1 aliphatic heterocycles. The minimum Gasteiger partial charge on any atom is -0.507 e. The van der Waals surface area contributed by atoms with Crippen molar-refractivity contribution in [2.75, 3.05) is 6.61 Å². The largest absolute Gasteiger partial charge is 0.507 e. The van der Waals surface area contributed by atoms with Crippen LogP contribution >= 0.6 is 0 Å². The summed E-state index contributed by atoms with van der Waals surface area (Å²) in [5.74, 6) is -5.18. The van der Waals surface area contributed by atoms with Crippen molar-refractivity contribution >= 4 is 16.9 Å². The summed E-state index contributed by atoms with van der Waals surface area (Å²) in [7, 11) is 0. The first-order valence-corrected chi connectivity index (χ1v) is 10.5. The van der Waals surface area contributed by atoms with Crippen molar-refractivity contribution in [2.45, 2.75) is 37.4 Å². The number of aliphatic hydroxyl groups excluding tert-OH is 3. The van der Waals surface area contributed by atoms with Crippen LogP contribution in [-0.2, 0) is 9.47 Å². The molecule has 0 bridgehead atoms. The van der Waals surface area contributed by atoms with Crippen LogP contribution in [0, 0.1) is 6.92 Å². The van der Waals surface area contributed by atoms with E-state index in [-0.39, 0.29) is 16.7 Å². The first kappa shape index (κ1) is 25.1. The average Bonchev–Trinajstić information content (AvgIpc) is 2.80. The number of hydrogen-bond donors (Lipinski definition) is 8. The van der Waals surface area contributed by atoms with Gasteiger partial charge in [-0.1, -0.05) is 0 Å². The number of fused-ring (bicyclic) bond motifs is 1. The molecule has 1 aromatic heterocycles. The van der Waals surface area contributed by atoms with Crippen molar-refractivity contribution < 1.29 is 59.5 Å². The maximum absolute atomic E-state index is 12.8. The predicted molar refractivity (Wildman–Crippen MR) is 118 cm³/mol. The Morgan fingerprint density at radius 1 is 0.944 bits per heavy atom. The van der Waals surface area contributed by atoms with Gasteiger partial charge in [0.1, 0.15) is 52.6 Å². The number of aryl methyl sites for hydroxylation is 1. The van der Waals surface area contributed by atoms with Gasteiger partial charge in [-0.15, -0.1) is 0 Å². The molecule has 8 N–H and O–H groups in total. The molecule has 2 aromatic carbocycles. The van der Waals surface area contributed by atoms with E-state index in [1.807, 2.05) is 0 Å². The van der Waals surface area contributed by atoms with E-state index in [1.54, 1.807) is 0 Å². The summed E-state index contributed by atoms with van der Waals surface area (Å²) in [6.45, 7) is 0.663. The molecule has 13 nitrogen and oxygen atoms in total. The van der Waals surface area contributed by atoms with Crippen molar-refractivity contribution in [3.8, 4) is 28.7 Å². The third-order valence-corrected chi connectivity index (χ3v) is 5.83. The number of rotatable bonds is 4. The molecule has 0 aliphatic carbocycles. The third-order valence-electron chi connectivity index (χ3n) is 5.83. The number of esters is 1. The molecule has 3 aromatic rings. The van der Waals surface area contributed by atoms with Gasteiger partial charge in [-0.2, -0.15) is 0 Å². The maximum atomic E-state index is 12.8. The molecule has 2 heterocycles. The van der Waals surface area contributed by atoms with Gasteiger partial charge < -0.3 is 54.7 Å². The molecule has 4 rings (SSSR count). The number of ether oxygens (including phenoxy) is 2. The Morgan fingerprint density at radius 2 is 1.58 bits per heavy atom. The Balaban J connectivity index is 1.83. The quantitative estimate of drug-likeness (QED) is 0.172. The van der Waals surface area contributed by atoms with Crippen molar-refractivity contribution in [3.63, 3.8) is 0 Å². The van der Waals surface area contributed by atoms with Crippen LogP contribution in [0.5, 0.6) is 28.7 Å². The Bertz CT molecular complexity index is 1370. The molecule has 5 atom stereocenters. The van der Waals surface area contributed by atoms with Gasteiger partial charge >= 0.3 is 5.97 Å². The summed E-state index contributed by atoms with van der Waals surface area (Å²) in [6.07, 6.45) is -8.75. The summed E-state index contributed by atoms with van der Waals surface area (Å²) < 4.78 is 16.2. The topological polar surface area (TPSA) is 228 Å². The number of hydrogen-bond acceptors (Lipinski definition) is 13. The number of aliphatic hydroxyl groups is 3. The summed E-state index contributed by atoms with van der Waals surface area (Å²) in [6, 6.07) is 3.60. The number of aromatic hydroxyl groups is 5. The molecule has 36 heavy (non-hydrogen) atoms. The van der Waals surface area contributed by atoms with Crippen LogP contribution < -0.4 is 5.43 Å². The standard InChI is InChI=1S/C23H22O13/c1-7-2-9(25)15-13(34-7)5-10(26)16(19(15)31)21-22(20(32)18(30)14(6-24)35-21)36-23(33)8-3-11(27)17(29)12(28)4-8/h2-5,14,18,20-22,24,26-32H,6H2,1H3/t14-,18-,20+,21+,22-/m1/s1. The van der Waals surface area contributed by atoms with Crippen LogP contribution in [0.25, 0.3) is 11.0 Å². The fourth-order valence-electron chi connectivity index (χ4n) is 4.07. The highest BCUT2D eigenvalue weighted by Crippen LogP contribution is 2.45. The molecule has 0 spiro atoms. The van der Waals surface area contributed by atoms with Crippen LogP contribution in [0.2, 0.25) is 0 Å². The van der Waals surface area contributed by atoms with Crippen LogP contribution in [0.4, 0.5) is 0 Å². The molecule has 0 radical (unpaired) electrons. The zero-order chi connectivity index (χ0) is 26.5. The highest BCUT2D eigenvalue weighted by atomic mass is 16.6. The van der Waals surface area contributed by atoms with E-state index in [0.29, 0.717) is 0 Å². The Labute approximate surface area is 201 Å². The van der Waals surface area contributed by atoms with Crippen molar-refractivity contribution in [2.24, 2.45) is 0 Å². The van der Waals surface area contributed by atoms with Crippen molar-refractivity contribution in [3.05, 3.63) is 51.4 Å². The number of benzene rings is 2. The molecule has 1 aliphatic rings. The second-order valence-electron chi connectivity index (χ2n) is 8.24. The fraction of sp³-hybridized carbons (Fsp3) is 0.304. The highest BCUT2D eigenvalue weighted by molar-refractivity contribution is 5.91.